The average molecular weight is 584 g/mol. The quantitative estimate of drug-likeness (QED) is 0.349. The minimum atomic E-state index is -5.04. The van der Waals surface area contributed by atoms with Gasteiger partial charge >= 0.3 is 12.1 Å². The molecule has 0 aliphatic carbocycles. The van der Waals surface area contributed by atoms with Crippen LogP contribution < -0.4 is 5.32 Å². The molecule has 1 N–H and O–H groups in total. The van der Waals surface area contributed by atoms with Crippen LogP contribution in [0.1, 0.15) is 0 Å². The van der Waals surface area contributed by atoms with Crippen LogP contribution in [0, 0.1) is 0 Å². The fraction of sp³-hybridized carbons (Fsp3) is 0.696. The molecule has 0 bridgehead atoms. The van der Waals surface area contributed by atoms with Crippen molar-refractivity contribution in [1.29, 1.82) is 0 Å². The Balaban J connectivity index is 2.57. The Labute approximate surface area is 220 Å². The summed E-state index contributed by atoms with van der Waals surface area (Å²) in [6.07, 6.45) is -7.17. The SMILES string of the molecule is C[Si](C)(C)OC[C@H]1O[C@@H](Sc2ccccc2)[C@H](NC(=O)C(F)(F)F)[C@@H](O[Si](C)(C)C)[C@@H]1O[Si](C)(C)C. The molecular weight excluding hydrogens is 544 g/mol. The molecule has 2 rings (SSSR count). The van der Waals surface area contributed by atoms with Gasteiger partial charge in [-0.15, -0.1) is 0 Å². The Morgan fingerprint density at radius 2 is 1.44 bits per heavy atom. The van der Waals surface area contributed by atoms with Crippen LogP contribution in [0.3, 0.4) is 0 Å². The minimum absolute atomic E-state index is 0.224. The van der Waals surface area contributed by atoms with Gasteiger partial charge in [-0.05, 0) is 71.1 Å². The Bertz CT molecular complexity index is 860. The lowest BCUT2D eigenvalue weighted by Crippen LogP contribution is -2.68. The van der Waals surface area contributed by atoms with Crippen molar-refractivity contribution in [2.24, 2.45) is 0 Å². The van der Waals surface area contributed by atoms with E-state index in [4.69, 9.17) is 18.0 Å². The summed E-state index contributed by atoms with van der Waals surface area (Å²) in [7, 11) is -6.46. The maximum absolute atomic E-state index is 13.4. The van der Waals surface area contributed by atoms with E-state index in [9.17, 15) is 18.0 Å². The van der Waals surface area contributed by atoms with Crippen LogP contribution in [0.25, 0.3) is 0 Å². The summed E-state index contributed by atoms with van der Waals surface area (Å²) in [6, 6.07) is 8.14. The van der Waals surface area contributed by atoms with Crippen molar-refractivity contribution in [2.45, 2.75) is 99.8 Å². The number of carbonyl (C=O) groups excluding carboxylic acids is 1. The molecule has 206 valence electrons. The number of benzene rings is 1. The number of amides is 1. The van der Waals surface area contributed by atoms with Crippen molar-refractivity contribution in [2.75, 3.05) is 6.61 Å². The summed E-state index contributed by atoms with van der Waals surface area (Å²) in [5.41, 5.74) is -0.850. The van der Waals surface area contributed by atoms with Gasteiger partial charge in [-0.2, -0.15) is 13.2 Å². The molecule has 0 radical (unpaired) electrons. The molecule has 1 fully saturated rings. The smallest absolute Gasteiger partial charge is 0.415 e. The zero-order chi connectivity index (χ0) is 27.5. The number of hydrogen-bond donors (Lipinski definition) is 1. The highest BCUT2D eigenvalue weighted by Crippen LogP contribution is 2.38. The fourth-order valence-electron chi connectivity index (χ4n) is 3.59. The standard InChI is InChI=1S/C23H40F3NO5SSi3/c1-34(2,3)29-15-17-19(31-35(4,5)6)20(32-36(7,8)9)18(27-22(28)23(24,25)26)21(30-17)33-16-13-11-10-12-14-16/h10-14,17-21H,15H2,1-9H3,(H,27,28)/t17-,18-,19-,20-,21+/m1/s1. The maximum atomic E-state index is 13.4. The Kier molecular flexibility index (Phi) is 10.5. The molecule has 36 heavy (non-hydrogen) atoms. The minimum Gasteiger partial charge on any atom is -0.415 e. The largest absolute Gasteiger partial charge is 0.471 e. The van der Waals surface area contributed by atoms with E-state index in [2.05, 4.69) is 25.0 Å². The Morgan fingerprint density at radius 3 is 1.92 bits per heavy atom. The molecule has 1 aliphatic heterocycles. The molecule has 5 atom stereocenters. The first-order valence-electron chi connectivity index (χ1n) is 12.0. The van der Waals surface area contributed by atoms with E-state index in [0.717, 1.165) is 4.90 Å². The number of halogens is 3. The number of thioether (sulfide) groups is 1. The van der Waals surface area contributed by atoms with E-state index >= 15 is 0 Å². The van der Waals surface area contributed by atoms with Crippen molar-refractivity contribution in [1.82, 2.24) is 5.32 Å². The van der Waals surface area contributed by atoms with E-state index in [-0.39, 0.29) is 6.61 Å². The van der Waals surface area contributed by atoms with Crippen LogP contribution in [0.5, 0.6) is 0 Å². The molecule has 13 heteroatoms. The topological polar surface area (TPSA) is 66.0 Å². The number of carbonyl (C=O) groups is 1. The second kappa shape index (κ2) is 12.0. The molecule has 0 spiro atoms. The first-order chi connectivity index (χ1) is 16.3. The van der Waals surface area contributed by atoms with Gasteiger partial charge in [-0.3, -0.25) is 4.79 Å². The summed E-state index contributed by atoms with van der Waals surface area (Å²) < 4.78 is 65.8. The summed E-state index contributed by atoms with van der Waals surface area (Å²) >= 11 is 1.25. The van der Waals surface area contributed by atoms with Crippen molar-refractivity contribution in [3.05, 3.63) is 30.3 Å². The molecule has 1 heterocycles. The second-order valence-corrected chi connectivity index (χ2v) is 26.4. The lowest BCUT2D eigenvalue weighted by molar-refractivity contribution is -0.185. The van der Waals surface area contributed by atoms with Gasteiger partial charge in [-0.1, -0.05) is 30.0 Å². The second-order valence-electron chi connectivity index (χ2n) is 11.8. The number of ether oxygens (including phenoxy) is 1. The van der Waals surface area contributed by atoms with Gasteiger partial charge in [0, 0.05) is 4.90 Å². The molecule has 0 aromatic heterocycles. The van der Waals surface area contributed by atoms with Gasteiger partial charge in [0.1, 0.15) is 17.6 Å². The van der Waals surface area contributed by atoms with Crippen LogP contribution in [0.15, 0.2) is 35.2 Å². The van der Waals surface area contributed by atoms with Gasteiger partial charge < -0.3 is 23.3 Å². The first-order valence-corrected chi connectivity index (χ1v) is 23.1. The molecule has 1 aliphatic rings. The molecule has 0 unspecified atom stereocenters. The summed E-state index contributed by atoms with van der Waals surface area (Å²) in [6.45, 7) is 18.3. The molecular formula is C23H40F3NO5SSi3. The fourth-order valence-corrected chi connectivity index (χ4v) is 7.60. The van der Waals surface area contributed by atoms with Crippen LogP contribution >= 0.6 is 11.8 Å². The monoisotopic (exact) mass is 583 g/mol. The molecule has 0 saturated carbocycles. The highest BCUT2D eigenvalue weighted by molar-refractivity contribution is 7.99. The molecule has 1 aromatic carbocycles. The molecule has 6 nitrogen and oxygen atoms in total. The van der Waals surface area contributed by atoms with E-state index in [1.807, 2.05) is 69.6 Å². The third-order valence-electron chi connectivity index (χ3n) is 4.86. The molecule has 1 aromatic rings. The lowest BCUT2D eigenvalue weighted by Gasteiger charge is -2.50. The van der Waals surface area contributed by atoms with Crippen LogP contribution in [-0.4, -0.2) is 73.4 Å². The zero-order valence-corrected chi connectivity index (χ0v) is 26.4. The zero-order valence-electron chi connectivity index (χ0n) is 22.6. The van der Waals surface area contributed by atoms with Gasteiger partial charge in [0.05, 0.1) is 18.8 Å². The highest BCUT2D eigenvalue weighted by atomic mass is 32.2. The first kappa shape index (κ1) is 31.5. The van der Waals surface area contributed by atoms with Crippen LogP contribution in [0.2, 0.25) is 58.9 Å². The van der Waals surface area contributed by atoms with Crippen molar-refractivity contribution in [3.63, 3.8) is 0 Å². The van der Waals surface area contributed by atoms with E-state index < -0.39 is 66.8 Å². The van der Waals surface area contributed by atoms with Crippen molar-refractivity contribution < 1.29 is 36.0 Å². The number of hydrogen-bond acceptors (Lipinski definition) is 6. The van der Waals surface area contributed by atoms with Gasteiger partial charge in [0.2, 0.25) is 0 Å². The van der Waals surface area contributed by atoms with Crippen molar-refractivity contribution in [3.8, 4) is 0 Å². The molecule has 1 amide bonds. The van der Waals surface area contributed by atoms with Gasteiger partial charge in [-0.25, -0.2) is 0 Å². The van der Waals surface area contributed by atoms with E-state index in [1.165, 1.54) is 11.8 Å². The summed E-state index contributed by atoms with van der Waals surface area (Å²) in [5.74, 6) is -2.03. The summed E-state index contributed by atoms with van der Waals surface area (Å²) in [4.78, 5) is 13.0. The summed E-state index contributed by atoms with van der Waals surface area (Å²) in [5, 5.41) is 2.20. The number of nitrogens with one attached hydrogen (secondary N) is 1. The third-order valence-corrected chi connectivity index (χ3v) is 9.03. The Morgan fingerprint density at radius 1 is 0.917 bits per heavy atom. The highest BCUT2D eigenvalue weighted by Gasteiger charge is 2.53. The van der Waals surface area contributed by atoms with E-state index in [0.29, 0.717) is 0 Å². The number of rotatable bonds is 10. The van der Waals surface area contributed by atoms with E-state index in [1.54, 1.807) is 0 Å². The van der Waals surface area contributed by atoms with Crippen LogP contribution in [0.4, 0.5) is 13.2 Å². The molecule has 1 saturated heterocycles. The predicted molar refractivity (Wildman–Crippen MR) is 145 cm³/mol. The number of alkyl halides is 3. The third kappa shape index (κ3) is 10.6. The average Bonchev–Trinajstić information content (AvgIpc) is 2.68. The van der Waals surface area contributed by atoms with Gasteiger partial charge in [0.15, 0.2) is 25.0 Å². The predicted octanol–water partition coefficient (Wildman–Crippen LogP) is 5.84. The van der Waals surface area contributed by atoms with Crippen molar-refractivity contribution >= 4 is 42.6 Å². The lowest BCUT2D eigenvalue weighted by atomic mass is 9.98. The Hall–Kier alpha value is -0.679. The maximum Gasteiger partial charge on any atom is 0.471 e. The van der Waals surface area contributed by atoms with Gasteiger partial charge in [0.25, 0.3) is 0 Å². The van der Waals surface area contributed by atoms with Crippen LogP contribution in [-0.2, 0) is 22.8 Å². The normalized spacial score (nSPS) is 26.1.